The number of esters is 1. The van der Waals surface area contributed by atoms with E-state index in [1.54, 1.807) is 24.3 Å². The Morgan fingerprint density at radius 2 is 1.83 bits per heavy atom. The number of furan rings is 1. The molecule has 0 N–H and O–H groups in total. The molecular formula is C22H14ClNO5. The van der Waals surface area contributed by atoms with Gasteiger partial charge in [0.2, 0.25) is 0 Å². The highest BCUT2D eigenvalue weighted by Crippen LogP contribution is 2.34. The number of nitrogens with zero attached hydrogens (tertiary/aromatic N) is 1. The van der Waals surface area contributed by atoms with Crippen molar-refractivity contribution in [3.05, 3.63) is 98.3 Å². The maximum Gasteiger partial charge on any atom is 0.343 e. The molecule has 0 bridgehead atoms. The summed E-state index contributed by atoms with van der Waals surface area (Å²) in [6.07, 6.45) is 3.20. The van der Waals surface area contributed by atoms with Crippen LogP contribution in [-0.4, -0.2) is 10.9 Å². The van der Waals surface area contributed by atoms with Gasteiger partial charge in [-0.25, -0.2) is 4.79 Å². The number of carbonyl (C=O) groups is 1. The second-order valence-electron chi connectivity index (χ2n) is 6.49. The Morgan fingerprint density at radius 3 is 2.55 bits per heavy atom. The summed E-state index contributed by atoms with van der Waals surface area (Å²) in [6, 6.07) is 15.0. The number of halogens is 1. The number of nitro benzene ring substituents is 1. The largest absolute Gasteiger partial charge is 0.457 e. The first-order chi connectivity index (χ1) is 13.9. The van der Waals surface area contributed by atoms with E-state index in [-0.39, 0.29) is 5.69 Å². The van der Waals surface area contributed by atoms with Gasteiger partial charge in [-0.05, 0) is 37.3 Å². The van der Waals surface area contributed by atoms with Crippen LogP contribution in [0, 0.1) is 17.0 Å². The molecule has 0 fully saturated rings. The van der Waals surface area contributed by atoms with Crippen molar-refractivity contribution in [2.45, 2.75) is 6.92 Å². The van der Waals surface area contributed by atoms with Crippen molar-refractivity contribution >= 4 is 35.1 Å². The molecule has 0 saturated heterocycles. The molecule has 2 aromatic carbocycles. The average Bonchev–Trinajstić information content (AvgIpc) is 3.30. The van der Waals surface area contributed by atoms with Gasteiger partial charge in [0.1, 0.15) is 17.3 Å². The first-order valence-corrected chi connectivity index (χ1v) is 9.05. The van der Waals surface area contributed by atoms with E-state index < -0.39 is 10.9 Å². The zero-order valence-electron chi connectivity index (χ0n) is 15.2. The van der Waals surface area contributed by atoms with E-state index in [2.05, 4.69) is 0 Å². The molecule has 0 saturated carbocycles. The highest BCUT2D eigenvalue weighted by Gasteiger charge is 2.22. The van der Waals surface area contributed by atoms with E-state index in [0.717, 1.165) is 11.1 Å². The lowest BCUT2D eigenvalue weighted by molar-refractivity contribution is -0.384. The maximum atomic E-state index is 12.2. The number of benzene rings is 2. The van der Waals surface area contributed by atoms with E-state index in [1.165, 1.54) is 18.2 Å². The van der Waals surface area contributed by atoms with Gasteiger partial charge in [-0.1, -0.05) is 41.4 Å². The van der Waals surface area contributed by atoms with Gasteiger partial charge in [-0.2, -0.15) is 0 Å². The van der Waals surface area contributed by atoms with Crippen LogP contribution in [0.25, 0.3) is 23.2 Å². The highest BCUT2D eigenvalue weighted by molar-refractivity contribution is 6.33. The lowest BCUT2D eigenvalue weighted by atomic mass is 10.1. The molecule has 2 heterocycles. The molecule has 4 rings (SSSR count). The molecular weight excluding hydrogens is 394 g/mol. The maximum absolute atomic E-state index is 12.2. The fourth-order valence-corrected chi connectivity index (χ4v) is 3.10. The molecule has 1 aromatic heterocycles. The quantitative estimate of drug-likeness (QED) is 0.236. The Labute approximate surface area is 170 Å². The van der Waals surface area contributed by atoms with Crippen LogP contribution in [0.5, 0.6) is 0 Å². The van der Waals surface area contributed by atoms with Gasteiger partial charge < -0.3 is 9.15 Å². The molecule has 0 spiro atoms. The van der Waals surface area contributed by atoms with Gasteiger partial charge in [-0.15, -0.1) is 0 Å². The van der Waals surface area contributed by atoms with Gasteiger partial charge in [-0.3, -0.25) is 10.1 Å². The van der Waals surface area contributed by atoms with Crippen molar-refractivity contribution < 1.29 is 18.9 Å². The summed E-state index contributed by atoms with van der Waals surface area (Å²) in [5.41, 5.74) is 2.56. The Kier molecular flexibility index (Phi) is 4.78. The standard InChI is InChI=1S/C22H14ClNO5/c1-13-2-4-14(5-3-13)21-11-15(22(25)29-21)10-17-7-9-20(28-17)18-12-16(24(26)27)6-8-19(18)23/h2-12H,1H3. The second kappa shape index (κ2) is 7.41. The van der Waals surface area contributed by atoms with Gasteiger partial charge in [0, 0.05) is 23.3 Å². The summed E-state index contributed by atoms with van der Waals surface area (Å²) in [7, 11) is 0. The molecule has 29 heavy (non-hydrogen) atoms. The minimum absolute atomic E-state index is 0.0919. The lowest BCUT2D eigenvalue weighted by Gasteiger charge is -2.01. The molecule has 0 amide bonds. The summed E-state index contributed by atoms with van der Waals surface area (Å²) in [5.74, 6) is 0.747. The van der Waals surface area contributed by atoms with Crippen molar-refractivity contribution in [3.8, 4) is 11.3 Å². The van der Waals surface area contributed by atoms with Crippen molar-refractivity contribution in [2.75, 3.05) is 0 Å². The van der Waals surface area contributed by atoms with Gasteiger partial charge in [0.15, 0.2) is 0 Å². The molecule has 1 aliphatic heterocycles. The lowest BCUT2D eigenvalue weighted by Crippen LogP contribution is -1.96. The third kappa shape index (κ3) is 3.83. The number of carbonyl (C=O) groups excluding carboxylic acids is 1. The minimum Gasteiger partial charge on any atom is -0.457 e. The fourth-order valence-electron chi connectivity index (χ4n) is 2.89. The van der Waals surface area contributed by atoms with Crippen molar-refractivity contribution in [3.63, 3.8) is 0 Å². The van der Waals surface area contributed by atoms with Crippen LogP contribution in [0.1, 0.15) is 16.9 Å². The number of non-ortho nitro benzene ring substituents is 1. The normalized spacial score (nSPS) is 14.8. The summed E-state index contributed by atoms with van der Waals surface area (Å²) >= 11 is 6.15. The molecule has 3 aromatic rings. The van der Waals surface area contributed by atoms with Crippen molar-refractivity contribution in [2.24, 2.45) is 0 Å². The highest BCUT2D eigenvalue weighted by atomic mass is 35.5. The van der Waals surface area contributed by atoms with Crippen LogP contribution in [0.2, 0.25) is 5.02 Å². The van der Waals surface area contributed by atoms with E-state index in [1.807, 2.05) is 31.2 Å². The summed E-state index contributed by atoms with van der Waals surface area (Å²) < 4.78 is 11.1. The Hall–Kier alpha value is -3.64. The number of aryl methyl sites for hydroxylation is 1. The van der Waals surface area contributed by atoms with E-state index in [4.69, 9.17) is 20.8 Å². The molecule has 6 nitrogen and oxygen atoms in total. The van der Waals surface area contributed by atoms with Crippen LogP contribution in [0.15, 0.2) is 70.7 Å². The number of hydrogen-bond acceptors (Lipinski definition) is 5. The van der Waals surface area contributed by atoms with Gasteiger partial charge >= 0.3 is 5.97 Å². The number of rotatable bonds is 4. The molecule has 0 atom stereocenters. The summed E-state index contributed by atoms with van der Waals surface area (Å²) in [6.45, 7) is 1.98. The predicted molar refractivity (Wildman–Crippen MR) is 109 cm³/mol. The molecule has 0 aliphatic carbocycles. The number of cyclic esters (lactones) is 1. The zero-order valence-corrected chi connectivity index (χ0v) is 16.0. The number of ether oxygens (including phenoxy) is 1. The number of hydrogen-bond donors (Lipinski definition) is 0. The van der Waals surface area contributed by atoms with E-state index >= 15 is 0 Å². The monoisotopic (exact) mass is 407 g/mol. The average molecular weight is 408 g/mol. The molecule has 144 valence electrons. The molecule has 0 radical (unpaired) electrons. The van der Waals surface area contributed by atoms with Gasteiger partial charge in [0.05, 0.1) is 15.5 Å². The van der Waals surface area contributed by atoms with Gasteiger partial charge in [0.25, 0.3) is 5.69 Å². The molecule has 0 unspecified atom stereocenters. The second-order valence-corrected chi connectivity index (χ2v) is 6.89. The summed E-state index contributed by atoms with van der Waals surface area (Å²) in [4.78, 5) is 22.7. The minimum atomic E-state index is -0.502. The van der Waals surface area contributed by atoms with Crippen LogP contribution in [0.3, 0.4) is 0 Å². The smallest absolute Gasteiger partial charge is 0.343 e. The van der Waals surface area contributed by atoms with Crippen molar-refractivity contribution in [1.82, 2.24) is 0 Å². The van der Waals surface area contributed by atoms with E-state index in [9.17, 15) is 14.9 Å². The van der Waals surface area contributed by atoms with Crippen LogP contribution < -0.4 is 0 Å². The Balaban J connectivity index is 1.64. The molecule has 1 aliphatic rings. The topological polar surface area (TPSA) is 82.6 Å². The fraction of sp³-hybridized carbons (Fsp3) is 0.0455. The Bertz CT molecular complexity index is 1190. The summed E-state index contributed by atoms with van der Waals surface area (Å²) in [5, 5.41) is 11.3. The number of nitro groups is 1. The predicted octanol–water partition coefficient (Wildman–Crippen LogP) is 5.80. The van der Waals surface area contributed by atoms with Crippen LogP contribution >= 0.6 is 11.6 Å². The zero-order chi connectivity index (χ0) is 20.5. The Morgan fingerprint density at radius 1 is 1.07 bits per heavy atom. The first kappa shape index (κ1) is 18.7. The SMILES string of the molecule is Cc1ccc(C2=CC(=Cc3ccc(-c4cc([N+](=O)[O-])ccc4Cl)o3)C(=O)O2)cc1. The third-order valence-corrected chi connectivity index (χ3v) is 4.74. The molecule has 7 heteroatoms. The van der Waals surface area contributed by atoms with Crippen LogP contribution in [0.4, 0.5) is 5.69 Å². The third-order valence-electron chi connectivity index (χ3n) is 4.41. The first-order valence-electron chi connectivity index (χ1n) is 8.67. The van der Waals surface area contributed by atoms with Crippen LogP contribution in [-0.2, 0) is 9.53 Å². The van der Waals surface area contributed by atoms with Crippen molar-refractivity contribution in [1.29, 1.82) is 0 Å². The van der Waals surface area contributed by atoms with E-state index in [0.29, 0.717) is 33.4 Å².